The number of hydrogen-bond acceptors (Lipinski definition) is 0. The Morgan fingerprint density at radius 1 is 0.917 bits per heavy atom. The van der Waals surface area contributed by atoms with Gasteiger partial charge in [0.25, 0.3) is 0 Å². The Hall–Kier alpha value is -0.0431. The molecule has 0 radical (unpaired) electrons. The van der Waals surface area contributed by atoms with Gasteiger partial charge in [-0.25, -0.2) is 0 Å². The van der Waals surface area contributed by atoms with E-state index in [9.17, 15) is 0 Å². The summed E-state index contributed by atoms with van der Waals surface area (Å²) in [5, 5.41) is 0.819. The molecule has 1 heteroatoms. The standard InChI is InChI=1S/C11H24Si/c1-9-12(8,10(2,3)4)11(5,6)7/h9H,1H2,2-8H3. The van der Waals surface area contributed by atoms with Crippen molar-refractivity contribution in [1.29, 1.82) is 0 Å². The van der Waals surface area contributed by atoms with Gasteiger partial charge in [-0.3, -0.25) is 0 Å². The molecule has 72 valence electrons. The highest BCUT2D eigenvalue weighted by Gasteiger charge is 2.46. The molecule has 0 atom stereocenters. The van der Waals surface area contributed by atoms with Crippen molar-refractivity contribution in [3.63, 3.8) is 0 Å². The first-order valence-corrected chi connectivity index (χ1v) is 7.27. The summed E-state index contributed by atoms with van der Waals surface area (Å²) in [6.07, 6.45) is 0. The molecule has 0 aromatic heterocycles. The largest absolute Gasteiger partial charge is 0.107 e. The SMILES string of the molecule is C=C[Si](C)(C(C)(C)C)C(C)(C)C. The summed E-state index contributed by atoms with van der Waals surface area (Å²) in [5.74, 6) is 0. The predicted octanol–water partition coefficient (Wildman–Crippen LogP) is 4.39. The second-order valence-corrected chi connectivity index (χ2v) is 11.7. The van der Waals surface area contributed by atoms with Crippen molar-refractivity contribution >= 4 is 8.07 Å². The quantitative estimate of drug-likeness (QED) is 0.530. The number of hydrogen-bond donors (Lipinski definition) is 0. The van der Waals surface area contributed by atoms with Crippen molar-refractivity contribution in [2.24, 2.45) is 0 Å². The van der Waals surface area contributed by atoms with Gasteiger partial charge in [-0.1, -0.05) is 48.1 Å². The van der Waals surface area contributed by atoms with Crippen molar-refractivity contribution in [3.05, 3.63) is 12.3 Å². The Bertz CT molecular complexity index is 152. The summed E-state index contributed by atoms with van der Waals surface area (Å²) in [4.78, 5) is 0. The molecule has 0 aliphatic rings. The molecule has 0 N–H and O–H groups in total. The van der Waals surface area contributed by atoms with E-state index < -0.39 is 8.07 Å². The van der Waals surface area contributed by atoms with Gasteiger partial charge in [-0.05, 0) is 10.1 Å². The molecule has 0 unspecified atom stereocenters. The fraction of sp³-hybridized carbons (Fsp3) is 0.818. The second kappa shape index (κ2) is 3.02. The van der Waals surface area contributed by atoms with Crippen LogP contribution in [0.4, 0.5) is 0 Å². The molecule has 0 amide bonds. The number of rotatable bonds is 1. The lowest BCUT2D eigenvalue weighted by molar-refractivity contribution is 0.628. The minimum atomic E-state index is -1.36. The summed E-state index contributed by atoms with van der Waals surface area (Å²) in [7, 11) is -1.36. The van der Waals surface area contributed by atoms with Gasteiger partial charge in [0, 0.05) is 0 Å². The highest BCUT2D eigenvalue weighted by molar-refractivity contribution is 6.88. The maximum atomic E-state index is 4.03. The summed E-state index contributed by atoms with van der Waals surface area (Å²) in [6, 6.07) is 0. The van der Waals surface area contributed by atoms with Gasteiger partial charge >= 0.3 is 0 Å². The first-order valence-electron chi connectivity index (χ1n) is 4.70. The molecular formula is C11H24Si. The van der Waals surface area contributed by atoms with E-state index in [0.29, 0.717) is 10.1 Å². The van der Waals surface area contributed by atoms with E-state index in [1.54, 1.807) is 0 Å². The molecule has 0 fully saturated rings. The second-order valence-electron chi connectivity index (χ2n) is 5.91. The van der Waals surface area contributed by atoms with Crippen LogP contribution in [0.15, 0.2) is 12.3 Å². The Kier molecular flexibility index (Phi) is 3.01. The Morgan fingerprint density at radius 2 is 1.17 bits per heavy atom. The van der Waals surface area contributed by atoms with Crippen molar-refractivity contribution < 1.29 is 0 Å². The monoisotopic (exact) mass is 184 g/mol. The third-order valence-corrected chi connectivity index (χ3v) is 10.6. The predicted molar refractivity (Wildman–Crippen MR) is 61.2 cm³/mol. The van der Waals surface area contributed by atoms with E-state index in [4.69, 9.17) is 0 Å². The average Bonchev–Trinajstić information content (AvgIpc) is 1.81. The van der Waals surface area contributed by atoms with Crippen LogP contribution in [0.2, 0.25) is 16.6 Å². The van der Waals surface area contributed by atoms with E-state index >= 15 is 0 Å². The Morgan fingerprint density at radius 3 is 1.17 bits per heavy atom. The van der Waals surface area contributed by atoms with E-state index in [0.717, 1.165) is 0 Å². The van der Waals surface area contributed by atoms with Crippen molar-refractivity contribution in [2.45, 2.75) is 58.2 Å². The smallest absolute Gasteiger partial charge is 0.0846 e. The molecule has 0 saturated heterocycles. The lowest BCUT2D eigenvalue weighted by Gasteiger charge is -2.47. The van der Waals surface area contributed by atoms with Crippen LogP contribution in [0, 0.1) is 0 Å². The van der Waals surface area contributed by atoms with Gasteiger partial charge < -0.3 is 0 Å². The van der Waals surface area contributed by atoms with E-state index in [1.165, 1.54) is 0 Å². The van der Waals surface area contributed by atoms with Crippen molar-refractivity contribution in [1.82, 2.24) is 0 Å². The van der Waals surface area contributed by atoms with Crippen LogP contribution in [-0.4, -0.2) is 8.07 Å². The maximum absolute atomic E-state index is 4.03. The minimum Gasteiger partial charge on any atom is -0.107 e. The van der Waals surface area contributed by atoms with Crippen LogP contribution in [0.5, 0.6) is 0 Å². The normalized spacial score (nSPS) is 14.6. The molecule has 0 bridgehead atoms. The lowest BCUT2D eigenvalue weighted by Crippen LogP contribution is -2.47. The van der Waals surface area contributed by atoms with Gasteiger partial charge in [0.1, 0.15) is 0 Å². The zero-order valence-corrected chi connectivity index (χ0v) is 10.8. The van der Waals surface area contributed by atoms with Crippen LogP contribution in [0.3, 0.4) is 0 Å². The fourth-order valence-corrected chi connectivity index (χ4v) is 5.21. The lowest BCUT2D eigenvalue weighted by atomic mass is 10.2. The Balaban J connectivity index is 5.09. The van der Waals surface area contributed by atoms with Gasteiger partial charge in [0.15, 0.2) is 0 Å². The minimum absolute atomic E-state index is 0.410. The van der Waals surface area contributed by atoms with Crippen molar-refractivity contribution in [3.8, 4) is 0 Å². The molecule has 0 aromatic carbocycles. The zero-order chi connectivity index (χ0) is 10.2. The molecule has 12 heavy (non-hydrogen) atoms. The van der Waals surface area contributed by atoms with Crippen LogP contribution >= 0.6 is 0 Å². The van der Waals surface area contributed by atoms with E-state index in [-0.39, 0.29) is 0 Å². The van der Waals surface area contributed by atoms with Crippen LogP contribution in [-0.2, 0) is 0 Å². The first kappa shape index (κ1) is 12.0. The maximum Gasteiger partial charge on any atom is 0.0846 e. The summed E-state index contributed by atoms with van der Waals surface area (Å²) in [6.45, 7) is 20.5. The van der Waals surface area contributed by atoms with Crippen LogP contribution in [0.1, 0.15) is 41.5 Å². The molecule has 0 saturated carbocycles. The molecule has 0 heterocycles. The molecular weight excluding hydrogens is 160 g/mol. The molecule has 0 spiro atoms. The Labute approximate surface area is 79.1 Å². The third kappa shape index (κ3) is 1.82. The molecule has 0 nitrogen and oxygen atoms in total. The summed E-state index contributed by atoms with van der Waals surface area (Å²) in [5.41, 5.74) is 2.24. The highest BCUT2D eigenvalue weighted by Crippen LogP contribution is 2.51. The fourth-order valence-electron chi connectivity index (χ4n) is 1.74. The molecule has 0 aliphatic heterocycles. The van der Waals surface area contributed by atoms with Crippen LogP contribution in [0.25, 0.3) is 0 Å². The molecule has 0 aromatic rings. The van der Waals surface area contributed by atoms with Gasteiger partial charge in [0.2, 0.25) is 0 Å². The van der Waals surface area contributed by atoms with Crippen molar-refractivity contribution in [2.75, 3.05) is 0 Å². The third-order valence-electron chi connectivity index (χ3n) is 3.52. The van der Waals surface area contributed by atoms with Gasteiger partial charge in [0.05, 0.1) is 8.07 Å². The topological polar surface area (TPSA) is 0 Å². The summed E-state index contributed by atoms with van der Waals surface area (Å²) < 4.78 is 0. The zero-order valence-electron chi connectivity index (χ0n) is 9.78. The summed E-state index contributed by atoms with van der Waals surface area (Å²) >= 11 is 0. The van der Waals surface area contributed by atoms with Gasteiger partial charge in [-0.2, -0.15) is 0 Å². The highest BCUT2D eigenvalue weighted by atomic mass is 28.3. The first-order chi connectivity index (χ1) is 5.06. The van der Waals surface area contributed by atoms with Gasteiger partial charge in [-0.15, -0.1) is 12.3 Å². The average molecular weight is 184 g/mol. The van der Waals surface area contributed by atoms with E-state index in [2.05, 4.69) is 60.4 Å². The molecule has 0 rings (SSSR count). The van der Waals surface area contributed by atoms with E-state index in [1.807, 2.05) is 0 Å². The van der Waals surface area contributed by atoms with Crippen LogP contribution < -0.4 is 0 Å². The molecule has 0 aliphatic carbocycles.